The van der Waals surface area contributed by atoms with Crippen molar-refractivity contribution in [3.05, 3.63) is 22.6 Å². The van der Waals surface area contributed by atoms with Crippen molar-refractivity contribution in [3.8, 4) is 0 Å². The second-order valence-electron chi connectivity index (χ2n) is 4.78. The number of aromatic nitrogens is 2. The number of unbranched alkanes of at least 4 members (excludes halogenated alkanes) is 3. The molecule has 0 amide bonds. The zero-order chi connectivity index (χ0) is 12.1. The molecule has 1 N–H and O–H groups in total. The highest BCUT2D eigenvalue weighted by atomic mass is 16.1. The number of rotatable bonds is 7. The smallest absolute Gasteiger partial charge is 0.268 e. The number of hydrogen-bond donors (Lipinski definition) is 1. The molecule has 1 aliphatic carbocycles. The molecular formula is C13H21N3O. The highest BCUT2D eigenvalue weighted by molar-refractivity contribution is 5.41. The van der Waals surface area contributed by atoms with Crippen LogP contribution in [0.15, 0.2) is 17.1 Å². The minimum atomic E-state index is 0.00662. The van der Waals surface area contributed by atoms with Gasteiger partial charge in [0.25, 0.3) is 5.56 Å². The average molecular weight is 235 g/mol. The molecule has 17 heavy (non-hydrogen) atoms. The summed E-state index contributed by atoms with van der Waals surface area (Å²) in [6.07, 6.45) is 8.84. The van der Waals surface area contributed by atoms with Crippen molar-refractivity contribution in [3.63, 3.8) is 0 Å². The third kappa shape index (κ3) is 3.88. The fourth-order valence-corrected chi connectivity index (χ4v) is 1.83. The summed E-state index contributed by atoms with van der Waals surface area (Å²) < 4.78 is 1.56. The summed E-state index contributed by atoms with van der Waals surface area (Å²) in [5, 5.41) is 7.48. The van der Waals surface area contributed by atoms with Crippen molar-refractivity contribution < 1.29 is 0 Å². The van der Waals surface area contributed by atoms with E-state index < -0.39 is 0 Å². The monoisotopic (exact) mass is 235 g/mol. The molecule has 1 saturated carbocycles. The molecule has 0 bridgehead atoms. The van der Waals surface area contributed by atoms with Crippen LogP contribution in [-0.4, -0.2) is 15.8 Å². The minimum Gasteiger partial charge on any atom is -0.381 e. The molecule has 2 rings (SSSR count). The summed E-state index contributed by atoms with van der Waals surface area (Å²) in [5.41, 5.74) is 0.870. The highest BCUT2D eigenvalue weighted by Gasteiger charge is 2.20. The van der Waals surface area contributed by atoms with Gasteiger partial charge in [0.2, 0.25) is 0 Å². The van der Waals surface area contributed by atoms with E-state index in [4.69, 9.17) is 0 Å². The first kappa shape index (κ1) is 12.1. The Bertz CT molecular complexity index is 409. The molecule has 0 saturated heterocycles. The van der Waals surface area contributed by atoms with E-state index in [1.807, 2.05) is 0 Å². The summed E-state index contributed by atoms with van der Waals surface area (Å²) in [7, 11) is 0. The van der Waals surface area contributed by atoms with Crippen molar-refractivity contribution in [1.82, 2.24) is 9.78 Å². The van der Waals surface area contributed by atoms with Gasteiger partial charge >= 0.3 is 0 Å². The predicted octanol–water partition coefficient (Wildman–Crippen LogP) is 2.40. The van der Waals surface area contributed by atoms with E-state index in [0.29, 0.717) is 6.04 Å². The van der Waals surface area contributed by atoms with Gasteiger partial charge in [0.1, 0.15) is 0 Å². The summed E-state index contributed by atoms with van der Waals surface area (Å²) in [5.74, 6) is 0. The molecule has 0 atom stereocenters. The summed E-state index contributed by atoms with van der Waals surface area (Å²) >= 11 is 0. The van der Waals surface area contributed by atoms with Crippen LogP contribution in [0, 0.1) is 0 Å². The Morgan fingerprint density at radius 2 is 2.24 bits per heavy atom. The van der Waals surface area contributed by atoms with Crippen LogP contribution in [0.3, 0.4) is 0 Å². The zero-order valence-electron chi connectivity index (χ0n) is 10.5. The van der Waals surface area contributed by atoms with Crippen molar-refractivity contribution in [2.24, 2.45) is 0 Å². The second-order valence-corrected chi connectivity index (χ2v) is 4.78. The van der Waals surface area contributed by atoms with Crippen molar-refractivity contribution in [2.45, 2.75) is 58.0 Å². The number of aryl methyl sites for hydroxylation is 1. The van der Waals surface area contributed by atoms with E-state index in [0.717, 1.165) is 18.7 Å². The van der Waals surface area contributed by atoms with E-state index in [1.165, 1.54) is 32.1 Å². The fourth-order valence-electron chi connectivity index (χ4n) is 1.83. The second kappa shape index (κ2) is 5.84. The number of hydrogen-bond acceptors (Lipinski definition) is 3. The lowest BCUT2D eigenvalue weighted by Crippen LogP contribution is -2.22. The number of nitrogens with one attached hydrogen (secondary N) is 1. The molecule has 0 aromatic carbocycles. The van der Waals surface area contributed by atoms with Gasteiger partial charge in [-0.25, -0.2) is 4.68 Å². The number of nitrogens with zero attached hydrogens (tertiary/aromatic N) is 2. The maximum absolute atomic E-state index is 11.8. The SMILES string of the molecule is CCCCCCn1ncc(NC2CC2)cc1=O. The molecule has 0 unspecified atom stereocenters. The largest absolute Gasteiger partial charge is 0.381 e. The van der Waals surface area contributed by atoms with Gasteiger partial charge in [-0.3, -0.25) is 4.79 Å². The maximum atomic E-state index is 11.8. The van der Waals surface area contributed by atoms with Crippen LogP contribution in [0.4, 0.5) is 5.69 Å². The Morgan fingerprint density at radius 1 is 1.41 bits per heavy atom. The molecule has 1 aromatic heterocycles. The third-order valence-electron chi connectivity index (χ3n) is 3.04. The Balaban J connectivity index is 1.87. The van der Waals surface area contributed by atoms with Gasteiger partial charge in [-0.15, -0.1) is 0 Å². The van der Waals surface area contributed by atoms with Gasteiger partial charge in [0.05, 0.1) is 11.9 Å². The maximum Gasteiger partial charge on any atom is 0.268 e. The van der Waals surface area contributed by atoms with Crippen LogP contribution in [0.1, 0.15) is 45.4 Å². The molecule has 1 heterocycles. The third-order valence-corrected chi connectivity index (χ3v) is 3.04. The molecule has 1 aliphatic rings. The Hall–Kier alpha value is -1.32. The van der Waals surface area contributed by atoms with Gasteiger partial charge in [0.15, 0.2) is 0 Å². The topological polar surface area (TPSA) is 46.9 Å². The molecule has 1 aromatic rings. The van der Waals surface area contributed by atoms with Gasteiger partial charge in [-0.05, 0) is 19.3 Å². The lowest BCUT2D eigenvalue weighted by Gasteiger charge is -2.06. The van der Waals surface area contributed by atoms with E-state index in [2.05, 4.69) is 17.3 Å². The molecule has 1 fully saturated rings. The summed E-state index contributed by atoms with van der Waals surface area (Å²) in [6, 6.07) is 2.22. The first-order chi connectivity index (χ1) is 8.29. The molecule has 0 aliphatic heterocycles. The highest BCUT2D eigenvalue weighted by Crippen LogP contribution is 2.23. The fraction of sp³-hybridized carbons (Fsp3) is 0.692. The number of anilines is 1. The Morgan fingerprint density at radius 3 is 2.88 bits per heavy atom. The standard InChI is InChI=1S/C13H21N3O/c1-2-3-4-5-8-16-13(17)9-12(10-14-16)15-11-6-7-11/h9-11,15H,2-8H2,1H3. The van der Waals surface area contributed by atoms with E-state index in [1.54, 1.807) is 16.9 Å². The zero-order valence-corrected chi connectivity index (χ0v) is 10.5. The van der Waals surface area contributed by atoms with Crippen LogP contribution >= 0.6 is 0 Å². The molecule has 94 valence electrons. The van der Waals surface area contributed by atoms with Crippen LogP contribution in [0.2, 0.25) is 0 Å². The predicted molar refractivity (Wildman–Crippen MR) is 69.3 cm³/mol. The molecular weight excluding hydrogens is 214 g/mol. The average Bonchev–Trinajstić information content (AvgIpc) is 3.11. The van der Waals surface area contributed by atoms with Crippen LogP contribution in [0.25, 0.3) is 0 Å². The first-order valence-electron chi connectivity index (χ1n) is 6.63. The van der Waals surface area contributed by atoms with Crippen LogP contribution < -0.4 is 10.9 Å². The van der Waals surface area contributed by atoms with Crippen LogP contribution in [-0.2, 0) is 6.54 Å². The minimum absolute atomic E-state index is 0.00662. The van der Waals surface area contributed by atoms with Gasteiger partial charge in [0, 0.05) is 18.7 Å². The molecule has 4 nitrogen and oxygen atoms in total. The normalized spacial score (nSPS) is 14.9. The quantitative estimate of drug-likeness (QED) is 0.738. The molecule has 4 heteroatoms. The lowest BCUT2D eigenvalue weighted by molar-refractivity contribution is 0.519. The summed E-state index contributed by atoms with van der Waals surface area (Å²) in [4.78, 5) is 11.8. The summed E-state index contributed by atoms with van der Waals surface area (Å²) in [6.45, 7) is 2.92. The van der Waals surface area contributed by atoms with Gasteiger partial charge < -0.3 is 5.32 Å². The van der Waals surface area contributed by atoms with Crippen molar-refractivity contribution in [1.29, 1.82) is 0 Å². The Kier molecular flexibility index (Phi) is 4.18. The lowest BCUT2D eigenvalue weighted by atomic mass is 10.2. The molecule has 0 spiro atoms. The van der Waals surface area contributed by atoms with Gasteiger partial charge in [-0.1, -0.05) is 26.2 Å². The van der Waals surface area contributed by atoms with Crippen molar-refractivity contribution >= 4 is 5.69 Å². The molecule has 0 radical (unpaired) electrons. The van der Waals surface area contributed by atoms with Crippen molar-refractivity contribution in [2.75, 3.05) is 5.32 Å². The van der Waals surface area contributed by atoms with E-state index >= 15 is 0 Å². The van der Waals surface area contributed by atoms with E-state index in [-0.39, 0.29) is 5.56 Å². The van der Waals surface area contributed by atoms with Crippen LogP contribution in [0.5, 0.6) is 0 Å². The first-order valence-corrected chi connectivity index (χ1v) is 6.63. The van der Waals surface area contributed by atoms with Gasteiger partial charge in [-0.2, -0.15) is 5.10 Å². The Labute approximate surface area is 102 Å². The van der Waals surface area contributed by atoms with E-state index in [9.17, 15) is 4.79 Å².